The molecule has 2 aromatic carbocycles. The van der Waals surface area contributed by atoms with E-state index in [9.17, 15) is 9.59 Å². The van der Waals surface area contributed by atoms with Crippen LogP contribution in [0.15, 0.2) is 66.0 Å². The van der Waals surface area contributed by atoms with Crippen molar-refractivity contribution in [3.8, 4) is 17.1 Å². The van der Waals surface area contributed by atoms with Crippen molar-refractivity contribution in [3.05, 3.63) is 88.4 Å². The van der Waals surface area contributed by atoms with Gasteiger partial charge in [-0.25, -0.2) is 0 Å². The highest BCUT2D eigenvalue weighted by Crippen LogP contribution is 2.19. The standard InChI is InChI=1S/C25H25N5O3/c1-5-14-29-17(3)21(15-22(31)26-19-10-12-20(33-4)13-11-19)24(32)30-25(29)27-23(28-30)18-8-6-16(2)7-9-18/h5-13H,1,14-15H2,2-4H3,(H,26,31). The molecule has 0 saturated carbocycles. The number of methoxy groups -OCH3 is 1. The molecule has 4 aromatic rings. The average Bonchev–Trinajstić information content (AvgIpc) is 3.26. The van der Waals surface area contributed by atoms with E-state index in [0.717, 1.165) is 11.1 Å². The highest BCUT2D eigenvalue weighted by molar-refractivity contribution is 5.92. The quantitative estimate of drug-likeness (QED) is 0.441. The third kappa shape index (κ3) is 4.41. The van der Waals surface area contributed by atoms with Crippen LogP contribution in [-0.4, -0.2) is 32.2 Å². The molecule has 1 N–H and O–H groups in total. The molecule has 0 unspecified atom stereocenters. The number of nitrogens with zero attached hydrogens (tertiary/aromatic N) is 4. The lowest BCUT2D eigenvalue weighted by atomic mass is 10.1. The third-order valence-corrected chi connectivity index (χ3v) is 5.46. The second kappa shape index (κ2) is 9.12. The van der Waals surface area contributed by atoms with Gasteiger partial charge in [-0.15, -0.1) is 11.7 Å². The fourth-order valence-corrected chi connectivity index (χ4v) is 3.63. The zero-order chi connectivity index (χ0) is 23.5. The number of carbonyl (C=O) groups excluding carboxylic acids is 1. The number of amides is 1. The molecule has 0 spiro atoms. The Morgan fingerprint density at radius 2 is 1.82 bits per heavy atom. The van der Waals surface area contributed by atoms with Crippen molar-refractivity contribution in [1.82, 2.24) is 19.2 Å². The molecular weight excluding hydrogens is 418 g/mol. The third-order valence-electron chi connectivity index (χ3n) is 5.46. The van der Waals surface area contributed by atoms with Crippen molar-refractivity contribution >= 4 is 17.4 Å². The van der Waals surface area contributed by atoms with Crippen LogP contribution >= 0.6 is 0 Å². The summed E-state index contributed by atoms with van der Waals surface area (Å²) in [5.41, 5.74) is 3.20. The average molecular weight is 444 g/mol. The van der Waals surface area contributed by atoms with Crippen molar-refractivity contribution in [2.75, 3.05) is 12.4 Å². The molecule has 0 aliphatic rings. The molecule has 4 rings (SSSR count). The Labute approximate surface area is 191 Å². The van der Waals surface area contributed by atoms with Crippen LogP contribution in [0.5, 0.6) is 5.75 Å². The van der Waals surface area contributed by atoms with Gasteiger partial charge in [0, 0.05) is 29.1 Å². The van der Waals surface area contributed by atoms with E-state index in [4.69, 9.17) is 4.74 Å². The van der Waals surface area contributed by atoms with Crippen LogP contribution in [0.3, 0.4) is 0 Å². The van der Waals surface area contributed by atoms with Crippen molar-refractivity contribution < 1.29 is 9.53 Å². The number of aromatic nitrogens is 4. The Bertz CT molecular complexity index is 1380. The van der Waals surface area contributed by atoms with Gasteiger partial charge in [0.2, 0.25) is 11.7 Å². The molecule has 168 valence electrons. The van der Waals surface area contributed by atoms with E-state index < -0.39 is 0 Å². The van der Waals surface area contributed by atoms with Crippen LogP contribution in [0.1, 0.15) is 16.8 Å². The van der Waals surface area contributed by atoms with Gasteiger partial charge in [-0.3, -0.25) is 9.59 Å². The Kier molecular flexibility index (Phi) is 6.08. The number of fused-ring (bicyclic) bond motifs is 1. The first kappa shape index (κ1) is 22.0. The van der Waals surface area contributed by atoms with E-state index >= 15 is 0 Å². The normalized spacial score (nSPS) is 10.9. The maximum atomic E-state index is 13.3. The Balaban J connectivity index is 1.72. The molecule has 2 heterocycles. The summed E-state index contributed by atoms with van der Waals surface area (Å²) in [6.07, 6.45) is 1.63. The zero-order valence-electron chi connectivity index (χ0n) is 18.8. The fraction of sp³-hybridized carbons (Fsp3) is 0.200. The lowest BCUT2D eigenvalue weighted by molar-refractivity contribution is -0.115. The largest absolute Gasteiger partial charge is 0.497 e. The van der Waals surface area contributed by atoms with E-state index in [1.54, 1.807) is 44.4 Å². The van der Waals surface area contributed by atoms with Gasteiger partial charge < -0.3 is 14.6 Å². The van der Waals surface area contributed by atoms with Crippen LogP contribution in [0.4, 0.5) is 5.69 Å². The molecule has 1 amide bonds. The first-order chi connectivity index (χ1) is 15.9. The topological polar surface area (TPSA) is 90.5 Å². The minimum Gasteiger partial charge on any atom is -0.497 e. The first-order valence-electron chi connectivity index (χ1n) is 10.5. The number of hydrogen-bond acceptors (Lipinski definition) is 5. The van der Waals surface area contributed by atoms with E-state index in [2.05, 4.69) is 22.0 Å². The summed E-state index contributed by atoms with van der Waals surface area (Å²) in [5, 5.41) is 7.28. The van der Waals surface area contributed by atoms with Crippen molar-refractivity contribution in [2.24, 2.45) is 0 Å². The molecule has 8 heteroatoms. The number of aryl methyl sites for hydroxylation is 1. The minimum atomic E-state index is -0.362. The molecule has 0 radical (unpaired) electrons. The van der Waals surface area contributed by atoms with Crippen LogP contribution in [0.2, 0.25) is 0 Å². The smallest absolute Gasteiger partial charge is 0.279 e. The molecule has 0 saturated heterocycles. The van der Waals surface area contributed by atoms with Gasteiger partial charge in [0.15, 0.2) is 5.82 Å². The van der Waals surface area contributed by atoms with Gasteiger partial charge in [-0.2, -0.15) is 9.50 Å². The maximum absolute atomic E-state index is 13.3. The van der Waals surface area contributed by atoms with E-state index in [-0.39, 0.29) is 17.9 Å². The zero-order valence-corrected chi connectivity index (χ0v) is 18.8. The van der Waals surface area contributed by atoms with Gasteiger partial charge in [-0.1, -0.05) is 35.9 Å². The predicted octanol–water partition coefficient (Wildman–Crippen LogP) is 3.55. The molecule has 0 bridgehead atoms. The van der Waals surface area contributed by atoms with Crippen LogP contribution in [-0.2, 0) is 17.8 Å². The number of carbonyl (C=O) groups is 1. The van der Waals surface area contributed by atoms with Gasteiger partial charge in [0.1, 0.15) is 5.75 Å². The second-order valence-corrected chi connectivity index (χ2v) is 7.74. The number of hydrogen-bond donors (Lipinski definition) is 1. The molecule has 0 fully saturated rings. The van der Waals surface area contributed by atoms with Crippen molar-refractivity contribution in [2.45, 2.75) is 26.8 Å². The SMILES string of the molecule is C=CCn1c(C)c(CC(=O)Nc2ccc(OC)cc2)c(=O)n2nc(-c3ccc(C)cc3)nc12. The molecule has 0 aliphatic heterocycles. The fourth-order valence-electron chi connectivity index (χ4n) is 3.63. The summed E-state index contributed by atoms with van der Waals surface area (Å²) in [4.78, 5) is 30.7. The van der Waals surface area contributed by atoms with Gasteiger partial charge in [-0.05, 0) is 38.1 Å². The Morgan fingerprint density at radius 1 is 1.12 bits per heavy atom. The van der Waals surface area contributed by atoms with Crippen LogP contribution in [0.25, 0.3) is 17.2 Å². The van der Waals surface area contributed by atoms with Crippen LogP contribution < -0.4 is 15.6 Å². The van der Waals surface area contributed by atoms with Crippen LogP contribution in [0, 0.1) is 13.8 Å². The lowest BCUT2D eigenvalue weighted by Gasteiger charge is -2.14. The lowest BCUT2D eigenvalue weighted by Crippen LogP contribution is -2.29. The summed E-state index contributed by atoms with van der Waals surface area (Å²) in [6, 6.07) is 14.8. The summed E-state index contributed by atoms with van der Waals surface area (Å²) in [5.74, 6) is 1.25. The number of rotatable bonds is 7. The van der Waals surface area contributed by atoms with E-state index in [0.29, 0.717) is 40.8 Å². The molecule has 0 atom stereocenters. The Morgan fingerprint density at radius 3 is 2.45 bits per heavy atom. The summed E-state index contributed by atoms with van der Waals surface area (Å²) >= 11 is 0. The monoisotopic (exact) mass is 443 g/mol. The van der Waals surface area contributed by atoms with Crippen molar-refractivity contribution in [3.63, 3.8) is 0 Å². The Hall–Kier alpha value is -4.20. The summed E-state index contributed by atoms with van der Waals surface area (Å²) in [6.45, 7) is 8.05. The molecule has 0 aliphatic carbocycles. The molecule has 33 heavy (non-hydrogen) atoms. The molecule has 8 nitrogen and oxygen atoms in total. The highest BCUT2D eigenvalue weighted by atomic mass is 16.5. The first-order valence-corrected chi connectivity index (χ1v) is 10.5. The maximum Gasteiger partial charge on any atom is 0.279 e. The van der Waals surface area contributed by atoms with Gasteiger partial charge in [0.05, 0.1) is 13.5 Å². The van der Waals surface area contributed by atoms with Gasteiger partial charge in [0.25, 0.3) is 5.56 Å². The van der Waals surface area contributed by atoms with E-state index in [1.807, 2.05) is 35.8 Å². The van der Waals surface area contributed by atoms with E-state index in [1.165, 1.54) is 4.52 Å². The number of ether oxygens (including phenoxy) is 1. The summed E-state index contributed by atoms with van der Waals surface area (Å²) < 4.78 is 8.25. The number of allylic oxidation sites excluding steroid dienone is 1. The van der Waals surface area contributed by atoms with Gasteiger partial charge >= 0.3 is 0 Å². The minimum absolute atomic E-state index is 0.0937. The second-order valence-electron chi connectivity index (χ2n) is 7.74. The molecular formula is C25H25N5O3. The summed E-state index contributed by atoms with van der Waals surface area (Å²) in [7, 11) is 1.58. The molecule has 2 aromatic heterocycles. The number of benzene rings is 2. The number of nitrogens with one attached hydrogen (secondary N) is 1. The van der Waals surface area contributed by atoms with Crippen molar-refractivity contribution in [1.29, 1.82) is 0 Å². The number of anilines is 1. The highest BCUT2D eigenvalue weighted by Gasteiger charge is 2.20. The predicted molar refractivity (Wildman–Crippen MR) is 128 cm³/mol.